The van der Waals surface area contributed by atoms with Gasteiger partial charge < -0.3 is 9.80 Å². The first-order chi connectivity index (χ1) is 14.3. The minimum atomic E-state index is 0.145. The van der Waals surface area contributed by atoms with Crippen LogP contribution < -0.4 is 4.90 Å². The van der Waals surface area contributed by atoms with Gasteiger partial charge in [-0.15, -0.1) is 21.5 Å². The van der Waals surface area contributed by atoms with Crippen molar-refractivity contribution in [3.05, 3.63) is 36.0 Å². The zero-order valence-electron chi connectivity index (χ0n) is 15.8. The quantitative estimate of drug-likeness (QED) is 0.559. The highest BCUT2D eigenvalue weighted by Crippen LogP contribution is 2.41. The van der Waals surface area contributed by atoms with Crippen LogP contribution in [0.3, 0.4) is 0 Å². The maximum Gasteiger partial charge on any atom is 0.233 e. The van der Waals surface area contributed by atoms with Gasteiger partial charge in [0.05, 0.1) is 10.6 Å². The van der Waals surface area contributed by atoms with E-state index in [9.17, 15) is 4.79 Å². The summed E-state index contributed by atoms with van der Waals surface area (Å²) >= 11 is 3.17. The lowest BCUT2D eigenvalue weighted by atomic mass is 10.3. The molecular formula is C19H21N7OS2. The minimum Gasteiger partial charge on any atom is -0.338 e. The summed E-state index contributed by atoms with van der Waals surface area (Å²) in [6, 6.07) is 6.38. The molecule has 3 aromatic heterocycles. The smallest absolute Gasteiger partial charge is 0.233 e. The molecule has 1 amide bonds. The fraction of sp³-hybridized carbons (Fsp3) is 0.421. The minimum absolute atomic E-state index is 0.145. The van der Waals surface area contributed by atoms with Crippen LogP contribution >= 0.6 is 23.1 Å². The number of anilines is 1. The number of aromatic nitrogens is 5. The SMILES string of the molecule is O=C(CSc1nnc(-c2cccs2)n1C1CC1)N1CCN(c2ncccn2)CC1. The van der Waals surface area contributed by atoms with E-state index in [4.69, 9.17) is 0 Å². The van der Waals surface area contributed by atoms with E-state index in [1.165, 1.54) is 11.8 Å². The zero-order chi connectivity index (χ0) is 19.6. The van der Waals surface area contributed by atoms with E-state index in [-0.39, 0.29) is 5.91 Å². The molecule has 0 radical (unpaired) electrons. The molecule has 1 saturated heterocycles. The summed E-state index contributed by atoms with van der Waals surface area (Å²) in [6.07, 6.45) is 5.80. The number of thiophene rings is 1. The van der Waals surface area contributed by atoms with Crippen LogP contribution in [0.15, 0.2) is 41.1 Å². The molecular weight excluding hydrogens is 406 g/mol. The molecule has 1 saturated carbocycles. The van der Waals surface area contributed by atoms with Crippen LogP contribution in [0, 0.1) is 0 Å². The van der Waals surface area contributed by atoms with Crippen molar-refractivity contribution < 1.29 is 4.79 Å². The fourth-order valence-corrected chi connectivity index (χ4v) is 5.05. The Bertz CT molecular complexity index is 964. The Hall–Kier alpha value is -2.46. The molecule has 1 aliphatic carbocycles. The fourth-order valence-electron chi connectivity index (χ4n) is 3.44. The van der Waals surface area contributed by atoms with Gasteiger partial charge in [-0.2, -0.15) is 0 Å². The van der Waals surface area contributed by atoms with Crippen LogP contribution in [0.2, 0.25) is 0 Å². The van der Waals surface area contributed by atoms with Crippen LogP contribution in [-0.4, -0.2) is 67.5 Å². The molecule has 10 heteroatoms. The molecule has 0 bridgehead atoms. The predicted molar refractivity (Wildman–Crippen MR) is 113 cm³/mol. The Balaban J connectivity index is 1.20. The van der Waals surface area contributed by atoms with E-state index in [2.05, 4.69) is 41.1 Å². The molecule has 5 rings (SSSR count). The summed E-state index contributed by atoms with van der Waals surface area (Å²) in [5.74, 6) is 2.19. The molecule has 0 aromatic carbocycles. The Labute approximate surface area is 177 Å². The van der Waals surface area contributed by atoms with Crippen molar-refractivity contribution >= 4 is 35.0 Å². The van der Waals surface area contributed by atoms with Crippen LogP contribution in [-0.2, 0) is 4.79 Å². The van der Waals surface area contributed by atoms with Gasteiger partial charge in [0.1, 0.15) is 0 Å². The van der Waals surface area contributed by atoms with E-state index in [0.717, 1.165) is 47.7 Å². The number of carbonyl (C=O) groups excluding carboxylic acids is 1. The summed E-state index contributed by atoms with van der Waals surface area (Å²) in [5.41, 5.74) is 0. The molecule has 4 heterocycles. The second-order valence-electron chi connectivity index (χ2n) is 7.09. The highest BCUT2D eigenvalue weighted by molar-refractivity contribution is 7.99. The molecule has 0 spiro atoms. The van der Waals surface area contributed by atoms with E-state index < -0.39 is 0 Å². The molecule has 29 heavy (non-hydrogen) atoms. The van der Waals surface area contributed by atoms with Gasteiger partial charge in [0.2, 0.25) is 11.9 Å². The predicted octanol–water partition coefficient (Wildman–Crippen LogP) is 2.57. The Morgan fingerprint density at radius 2 is 1.90 bits per heavy atom. The molecule has 1 aliphatic heterocycles. The van der Waals surface area contributed by atoms with E-state index in [1.54, 1.807) is 23.7 Å². The Morgan fingerprint density at radius 3 is 2.59 bits per heavy atom. The van der Waals surface area contributed by atoms with Crippen molar-refractivity contribution in [1.82, 2.24) is 29.6 Å². The largest absolute Gasteiger partial charge is 0.338 e. The van der Waals surface area contributed by atoms with Gasteiger partial charge >= 0.3 is 0 Å². The molecule has 2 fully saturated rings. The number of piperazine rings is 1. The third-order valence-electron chi connectivity index (χ3n) is 5.11. The van der Waals surface area contributed by atoms with Gasteiger partial charge in [0.15, 0.2) is 11.0 Å². The second kappa shape index (κ2) is 8.11. The standard InChI is InChI=1S/C19H21N7OS2/c27-16(24-8-10-25(11-9-24)18-20-6-2-7-21-18)13-29-19-23-22-17(15-3-1-12-28-15)26(19)14-4-5-14/h1-3,6-7,12,14H,4-5,8-11,13H2. The van der Waals surface area contributed by atoms with Crippen molar-refractivity contribution in [2.75, 3.05) is 36.8 Å². The maximum absolute atomic E-state index is 12.7. The first-order valence-corrected chi connectivity index (χ1v) is 11.6. The summed E-state index contributed by atoms with van der Waals surface area (Å²) in [5, 5.41) is 11.7. The number of amides is 1. The number of nitrogens with zero attached hydrogens (tertiary/aromatic N) is 7. The van der Waals surface area contributed by atoms with Gasteiger partial charge in [-0.1, -0.05) is 17.8 Å². The average Bonchev–Trinajstić information content (AvgIpc) is 3.29. The lowest BCUT2D eigenvalue weighted by Crippen LogP contribution is -2.49. The molecule has 0 unspecified atom stereocenters. The monoisotopic (exact) mass is 427 g/mol. The topological polar surface area (TPSA) is 80.0 Å². The molecule has 0 N–H and O–H groups in total. The number of thioether (sulfide) groups is 1. The van der Waals surface area contributed by atoms with Crippen molar-refractivity contribution in [3.8, 4) is 10.7 Å². The van der Waals surface area contributed by atoms with Gasteiger partial charge in [0.25, 0.3) is 0 Å². The second-order valence-corrected chi connectivity index (χ2v) is 8.98. The van der Waals surface area contributed by atoms with Crippen LogP contribution in [0.1, 0.15) is 18.9 Å². The Morgan fingerprint density at radius 1 is 1.10 bits per heavy atom. The summed E-state index contributed by atoms with van der Waals surface area (Å²) in [7, 11) is 0. The highest BCUT2D eigenvalue weighted by atomic mass is 32.2. The lowest BCUT2D eigenvalue weighted by Gasteiger charge is -2.34. The molecule has 8 nitrogen and oxygen atoms in total. The van der Waals surface area contributed by atoms with Crippen molar-refractivity contribution in [2.45, 2.75) is 24.0 Å². The van der Waals surface area contributed by atoms with Crippen LogP contribution in [0.5, 0.6) is 0 Å². The van der Waals surface area contributed by atoms with Gasteiger partial charge in [-0.25, -0.2) is 9.97 Å². The molecule has 3 aromatic rings. The molecule has 2 aliphatic rings. The first-order valence-electron chi connectivity index (χ1n) is 9.71. The number of hydrogen-bond donors (Lipinski definition) is 0. The summed E-state index contributed by atoms with van der Waals surface area (Å²) in [4.78, 5) is 26.5. The third-order valence-corrected chi connectivity index (χ3v) is 6.90. The van der Waals surface area contributed by atoms with Gasteiger partial charge in [0, 0.05) is 44.6 Å². The van der Waals surface area contributed by atoms with Crippen molar-refractivity contribution in [1.29, 1.82) is 0 Å². The van der Waals surface area contributed by atoms with E-state index in [1.807, 2.05) is 17.0 Å². The summed E-state index contributed by atoms with van der Waals surface area (Å²) < 4.78 is 2.22. The number of hydrogen-bond acceptors (Lipinski definition) is 8. The average molecular weight is 428 g/mol. The van der Waals surface area contributed by atoms with Crippen LogP contribution in [0.4, 0.5) is 5.95 Å². The van der Waals surface area contributed by atoms with Crippen molar-refractivity contribution in [2.24, 2.45) is 0 Å². The van der Waals surface area contributed by atoms with Crippen LogP contribution in [0.25, 0.3) is 10.7 Å². The summed E-state index contributed by atoms with van der Waals surface area (Å²) in [6.45, 7) is 2.88. The number of carbonyl (C=O) groups is 1. The third kappa shape index (κ3) is 3.99. The highest BCUT2D eigenvalue weighted by Gasteiger charge is 2.31. The first kappa shape index (κ1) is 18.6. The lowest BCUT2D eigenvalue weighted by molar-refractivity contribution is -0.128. The molecule has 150 valence electrons. The van der Waals surface area contributed by atoms with E-state index >= 15 is 0 Å². The van der Waals surface area contributed by atoms with Crippen molar-refractivity contribution in [3.63, 3.8) is 0 Å². The number of rotatable bonds is 6. The normalized spacial score (nSPS) is 17.0. The Kier molecular flexibility index (Phi) is 5.19. The zero-order valence-corrected chi connectivity index (χ0v) is 17.5. The maximum atomic E-state index is 12.7. The van der Waals surface area contributed by atoms with E-state index in [0.29, 0.717) is 24.9 Å². The van der Waals surface area contributed by atoms with Gasteiger partial charge in [-0.3, -0.25) is 9.36 Å². The van der Waals surface area contributed by atoms with Gasteiger partial charge in [-0.05, 0) is 30.4 Å². The molecule has 0 atom stereocenters.